The maximum absolute atomic E-state index is 12.7. The topological polar surface area (TPSA) is 73.1 Å². The van der Waals surface area contributed by atoms with Gasteiger partial charge in [0.25, 0.3) is 5.91 Å². The second kappa shape index (κ2) is 15.7. The maximum Gasteiger partial charge on any atom is 0.299 e. The summed E-state index contributed by atoms with van der Waals surface area (Å²) in [5.41, 5.74) is 2.94. The largest absolute Gasteiger partial charge is 0.361 e. The number of nitrogens with zero attached hydrogens (tertiary/aromatic N) is 2. The Hall–Kier alpha value is -3.11. The summed E-state index contributed by atoms with van der Waals surface area (Å²) in [6, 6.07) is 4.10. The molecule has 0 radical (unpaired) electrons. The number of rotatable bonds is 4. The van der Waals surface area contributed by atoms with Gasteiger partial charge < -0.3 is 20.5 Å². The van der Waals surface area contributed by atoms with Gasteiger partial charge in [0, 0.05) is 54.9 Å². The Bertz CT molecular complexity index is 1080. The third kappa shape index (κ3) is 8.56. The Balaban J connectivity index is 0.00000103. The van der Waals surface area contributed by atoms with Gasteiger partial charge in [-0.1, -0.05) is 51.8 Å². The molecule has 1 aliphatic carbocycles. The molecule has 1 fully saturated rings. The van der Waals surface area contributed by atoms with Crippen LogP contribution < -0.4 is 10.6 Å². The molecule has 0 saturated carbocycles. The quantitative estimate of drug-likeness (QED) is 0.401. The number of allylic oxidation sites excluding steroid dienone is 4. The first-order valence-electron chi connectivity index (χ1n) is 12.8. The SMILES string of the molecule is CC.CC.O=C(C#CC1=CCCC=C1)N1CCCCC1CNC(=S)NCc1ccnc2[nH]ccc12. The Morgan fingerprint density at radius 3 is 2.80 bits per heavy atom. The Morgan fingerprint density at radius 2 is 2.03 bits per heavy atom. The number of amides is 1. The van der Waals surface area contributed by atoms with E-state index in [0.717, 1.165) is 60.8 Å². The van der Waals surface area contributed by atoms with E-state index in [0.29, 0.717) is 18.2 Å². The number of aromatic amines is 1. The van der Waals surface area contributed by atoms with Gasteiger partial charge in [-0.25, -0.2) is 4.98 Å². The molecule has 3 N–H and O–H groups in total. The van der Waals surface area contributed by atoms with Crippen LogP contribution in [-0.4, -0.2) is 45.0 Å². The summed E-state index contributed by atoms with van der Waals surface area (Å²) < 4.78 is 0. The van der Waals surface area contributed by atoms with Crippen LogP contribution in [-0.2, 0) is 11.3 Å². The summed E-state index contributed by atoms with van der Waals surface area (Å²) in [5, 5.41) is 8.22. The molecule has 1 saturated heterocycles. The van der Waals surface area contributed by atoms with Gasteiger partial charge in [0.2, 0.25) is 0 Å². The van der Waals surface area contributed by atoms with Crippen LogP contribution in [0.25, 0.3) is 11.0 Å². The molecule has 0 aromatic carbocycles. The first kappa shape index (κ1) is 28.1. The molecule has 6 nitrogen and oxygen atoms in total. The zero-order chi connectivity index (χ0) is 25.5. The number of nitrogens with one attached hydrogen (secondary N) is 3. The van der Waals surface area contributed by atoms with Crippen molar-refractivity contribution in [2.75, 3.05) is 13.1 Å². The fourth-order valence-corrected chi connectivity index (χ4v) is 4.16. The van der Waals surface area contributed by atoms with E-state index in [1.807, 2.05) is 57.0 Å². The van der Waals surface area contributed by atoms with Gasteiger partial charge in [0.1, 0.15) is 5.65 Å². The molecule has 1 aliphatic heterocycles. The van der Waals surface area contributed by atoms with E-state index in [1.54, 1.807) is 6.20 Å². The predicted octanol–water partition coefficient (Wildman–Crippen LogP) is 5.24. The molecular weight excluding hydrogens is 454 g/mol. The zero-order valence-corrected chi connectivity index (χ0v) is 22.3. The maximum atomic E-state index is 12.7. The van der Waals surface area contributed by atoms with Crippen molar-refractivity contribution in [1.29, 1.82) is 0 Å². The molecule has 188 valence electrons. The molecule has 2 aromatic heterocycles. The highest BCUT2D eigenvalue weighted by Gasteiger charge is 2.25. The van der Waals surface area contributed by atoms with Crippen LogP contribution in [0.2, 0.25) is 0 Å². The van der Waals surface area contributed by atoms with Gasteiger partial charge in [-0.05, 0) is 62.0 Å². The van der Waals surface area contributed by atoms with E-state index in [4.69, 9.17) is 12.2 Å². The summed E-state index contributed by atoms with van der Waals surface area (Å²) in [7, 11) is 0. The first-order valence-corrected chi connectivity index (χ1v) is 13.2. The molecule has 2 aromatic rings. The van der Waals surface area contributed by atoms with Crippen molar-refractivity contribution in [1.82, 2.24) is 25.5 Å². The molecule has 7 heteroatoms. The molecule has 1 atom stereocenters. The highest BCUT2D eigenvalue weighted by molar-refractivity contribution is 7.80. The average Bonchev–Trinajstić information content (AvgIpc) is 3.42. The zero-order valence-electron chi connectivity index (χ0n) is 21.5. The lowest BCUT2D eigenvalue weighted by molar-refractivity contribution is -0.128. The number of pyridine rings is 1. The second-order valence-corrected chi connectivity index (χ2v) is 8.22. The Morgan fingerprint density at radius 1 is 1.20 bits per heavy atom. The van der Waals surface area contributed by atoms with Gasteiger partial charge in [0.05, 0.1) is 0 Å². The van der Waals surface area contributed by atoms with Gasteiger partial charge in [-0.15, -0.1) is 0 Å². The normalized spacial score (nSPS) is 16.4. The predicted molar refractivity (Wildman–Crippen MR) is 150 cm³/mol. The highest BCUT2D eigenvalue weighted by Crippen LogP contribution is 2.17. The van der Waals surface area contributed by atoms with E-state index in [-0.39, 0.29) is 11.9 Å². The van der Waals surface area contributed by atoms with Crippen molar-refractivity contribution in [3.63, 3.8) is 0 Å². The lowest BCUT2D eigenvalue weighted by Crippen LogP contribution is -2.50. The van der Waals surface area contributed by atoms with Crippen molar-refractivity contribution in [3.8, 4) is 11.8 Å². The molecule has 35 heavy (non-hydrogen) atoms. The van der Waals surface area contributed by atoms with Crippen molar-refractivity contribution in [2.24, 2.45) is 0 Å². The summed E-state index contributed by atoms with van der Waals surface area (Å²) in [6.07, 6.45) is 15.0. The molecule has 4 rings (SSSR count). The number of H-pyrrole nitrogens is 1. The minimum absolute atomic E-state index is 0.100. The summed E-state index contributed by atoms with van der Waals surface area (Å²) in [6.45, 7) is 9.99. The number of hydrogen-bond acceptors (Lipinski definition) is 3. The van der Waals surface area contributed by atoms with Crippen LogP contribution in [0, 0.1) is 11.8 Å². The van der Waals surface area contributed by atoms with Gasteiger partial charge in [-0.3, -0.25) is 4.79 Å². The van der Waals surface area contributed by atoms with Crippen molar-refractivity contribution >= 4 is 34.3 Å². The molecule has 3 heterocycles. The standard InChI is InChI=1S/C24H27N5OS.2C2H6/c30-22(10-9-18-6-2-1-3-7-18)29-15-5-4-8-20(29)17-28-24(31)27-16-19-11-13-25-23-21(19)12-14-26-23;2*1-2/h2,6-7,11-14,20H,1,3-5,8,15-17H2,(H,25,26)(H2,27,28,31);2*1-2H3. The van der Waals surface area contributed by atoms with Crippen LogP contribution in [0.4, 0.5) is 0 Å². The number of carbonyl (C=O) groups excluding carboxylic acids is 1. The van der Waals surface area contributed by atoms with Crippen LogP contribution >= 0.6 is 12.2 Å². The summed E-state index contributed by atoms with van der Waals surface area (Å²) in [5.74, 6) is 5.75. The Kier molecular flexibility index (Phi) is 12.6. The first-order chi connectivity index (χ1) is 17.2. The van der Waals surface area contributed by atoms with Crippen molar-refractivity contribution in [3.05, 3.63) is 53.9 Å². The number of thiocarbonyl (C=S) groups is 1. The molecule has 2 aliphatic rings. The molecule has 1 amide bonds. The fourth-order valence-electron chi connectivity index (χ4n) is 4.00. The van der Waals surface area contributed by atoms with Gasteiger partial charge >= 0.3 is 0 Å². The summed E-state index contributed by atoms with van der Waals surface area (Å²) in [4.78, 5) is 22.0. The minimum atomic E-state index is -0.100. The van der Waals surface area contributed by atoms with Crippen LogP contribution in [0.15, 0.2) is 48.3 Å². The molecule has 0 bridgehead atoms. The third-order valence-electron chi connectivity index (χ3n) is 5.68. The number of hydrogen-bond donors (Lipinski definition) is 3. The number of piperidine rings is 1. The second-order valence-electron chi connectivity index (χ2n) is 7.81. The van der Waals surface area contributed by atoms with E-state index < -0.39 is 0 Å². The summed E-state index contributed by atoms with van der Waals surface area (Å²) >= 11 is 5.47. The molecular formula is C28H39N5OS. The smallest absolute Gasteiger partial charge is 0.299 e. The van der Waals surface area contributed by atoms with E-state index in [1.165, 1.54) is 0 Å². The van der Waals surface area contributed by atoms with Crippen LogP contribution in [0.3, 0.4) is 0 Å². The van der Waals surface area contributed by atoms with E-state index in [9.17, 15) is 4.79 Å². The lowest BCUT2D eigenvalue weighted by Gasteiger charge is -2.34. The minimum Gasteiger partial charge on any atom is -0.361 e. The number of fused-ring (bicyclic) bond motifs is 1. The molecule has 0 spiro atoms. The lowest BCUT2D eigenvalue weighted by atomic mass is 10.0. The van der Waals surface area contributed by atoms with E-state index in [2.05, 4.69) is 44.6 Å². The van der Waals surface area contributed by atoms with E-state index >= 15 is 0 Å². The van der Waals surface area contributed by atoms with Crippen LogP contribution in [0.5, 0.6) is 0 Å². The number of aromatic nitrogens is 2. The average molecular weight is 494 g/mol. The Labute approximate surface area is 215 Å². The van der Waals surface area contributed by atoms with Gasteiger partial charge in [-0.2, -0.15) is 0 Å². The van der Waals surface area contributed by atoms with Crippen molar-refractivity contribution < 1.29 is 4.79 Å². The van der Waals surface area contributed by atoms with Crippen molar-refractivity contribution in [2.45, 2.75) is 72.4 Å². The van der Waals surface area contributed by atoms with Crippen LogP contribution in [0.1, 0.15) is 65.4 Å². The third-order valence-corrected chi connectivity index (χ3v) is 5.97. The monoisotopic (exact) mass is 493 g/mol. The fraction of sp³-hybridized carbons (Fsp3) is 0.464. The molecule has 1 unspecified atom stereocenters. The number of carbonyl (C=O) groups is 1. The number of likely N-dealkylation sites (tertiary alicyclic amines) is 1. The van der Waals surface area contributed by atoms with Gasteiger partial charge in [0.15, 0.2) is 5.11 Å². The highest BCUT2D eigenvalue weighted by atomic mass is 32.1.